The van der Waals surface area contributed by atoms with Gasteiger partial charge in [-0.15, -0.1) is 21.5 Å². The summed E-state index contributed by atoms with van der Waals surface area (Å²) >= 11 is 10.9. The van der Waals surface area contributed by atoms with Crippen molar-refractivity contribution in [2.45, 2.75) is 29.9 Å². The molecule has 0 aliphatic heterocycles. The van der Waals surface area contributed by atoms with Crippen LogP contribution < -0.4 is 5.32 Å². The third kappa shape index (κ3) is 5.17. The first kappa shape index (κ1) is 17.7. The monoisotopic (exact) mass is 396 g/mol. The van der Waals surface area contributed by atoms with Gasteiger partial charge in [-0.05, 0) is 24.1 Å². The van der Waals surface area contributed by atoms with Gasteiger partial charge in [-0.25, -0.2) is 4.98 Å². The standard InChI is InChI=1S/C16H17ClN4S3/c1-2-7-18-15-20-21-16(24-15)23-10-13-9-22-14(19-13)8-11-3-5-12(17)6-4-11/h3-6,9H,2,7-8,10H2,1H3,(H,18,20). The second-order valence-electron chi connectivity index (χ2n) is 5.12. The van der Waals surface area contributed by atoms with Crippen LogP contribution in [-0.4, -0.2) is 21.7 Å². The number of rotatable bonds is 8. The van der Waals surface area contributed by atoms with Crippen molar-refractivity contribution in [1.82, 2.24) is 15.2 Å². The van der Waals surface area contributed by atoms with E-state index in [9.17, 15) is 0 Å². The van der Waals surface area contributed by atoms with Gasteiger partial charge in [0.1, 0.15) is 0 Å². The molecule has 0 bridgehead atoms. The third-order valence-corrected chi connectivity index (χ3v) is 6.34. The van der Waals surface area contributed by atoms with Crippen LogP contribution in [0.1, 0.15) is 29.6 Å². The van der Waals surface area contributed by atoms with E-state index in [4.69, 9.17) is 16.6 Å². The van der Waals surface area contributed by atoms with E-state index in [1.54, 1.807) is 34.4 Å². The van der Waals surface area contributed by atoms with Crippen molar-refractivity contribution in [3.8, 4) is 0 Å². The van der Waals surface area contributed by atoms with Crippen molar-refractivity contribution in [1.29, 1.82) is 0 Å². The number of thioether (sulfide) groups is 1. The summed E-state index contributed by atoms with van der Waals surface area (Å²) in [4.78, 5) is 4.70. The number of nitrogens with one attached hydrogen (secondary N) is 1. The van der Waals surface area contributed by atoms with Crippen molar-refractivity contribution in [2.75, 3.05) is 11.9 Å². The Morgan fingerprint density at radius 3 is 2.83 bits per heavy atom. The average Bonchev–Trinajstić information content (AvgIpc) is 3.22. The van der Waals surface area contributed by atoms with E-state index in [1.807, 2.05) is 24.3 Å². The van der Waals surface area contributed by atoms with Gasteiger partial charge >= 0.3 is 0 Å². The van der Waals surface area contributed by atoms with Crippen molar-refractivity contribution < 1.29 is 0 Å². The van der Waals surface area contributed by atoms with Gasteiger partial charge in [0.15, 0.2) is 4.34 Å². The Balaban J connectivity index is 1.52. The number of hydrogen-bond donors (Lipinski definition) is 1. The van der Waals surface area contributed by atoms with E-state index in [2.05, 4.69) is 27.8 Å². The number of nitrogens with zero attached hydrogens (tertiary/aromatic N) is 3. The molecular weight excluding hydrogens is 380 g/mol. The van der Waals surface area contributed by atoms with E-state index in [0.717, 1.165) is 50.3 Å². The van der Waals surface area contributed by atoms with Crippen molar-refractivity contribution in [3.05, 3.63) is 50.9 Å². The lowest BCUT2D eigenvalue weighted by molar-refractivity contribution is 0.951. The maximum Gasteiger partial charge on any atom is 0.206 e. The number of benzene rings is 1. The molecular formula is C16H17ClN4S3. The van der Waals surface area contributed by atoms with Crippen LogP contribution in [0.3, 0.4) is 0 Å². The number of anilines is 1. The van der Waals surface area contributed by atoms with Crippen LogP contribution in [0.15, 0.2) is 34.0 Å². The first-order chi connectivity index (χ1) is 11.7. The second kappa shape index (κ2) is 8.80. The van der Waals surface area contributed by atoms with Crippen LogP contribution >= 0.6 is 46.0 Å². The molecule has 24 heavy (non-hydrogen) atoms. The molecule has 2 heterocycles. The van der Waals surface area contributed by atoms with Gasteiger partial charge < -0.3 is 5.32 Å². The lowest BCUT2D eigenvalue weighted by Crippen LogP contribution is -1.98. The molecule has 0 aliphatic carbocycles. The fourth-order valence-electron chi connectivity index (χ4n) is 1.98. The number of hydrogen-bond acceptors (Lipinski definition) is 7. The predicted molar refractivity (Wildman–Crippen MR) is 105 cm³/mol. The van der Waals surface area contributed by atoms with Crippen LogP contribution in [0.4, 0.5) is 5.13 Å². The summed E-state index contributed by atoms with van der Waals surface area (Å²) in [6.07, 6.45) is 1.92. The van der Waals surface area contributed by atoms with Gasteiger partial charge in [0.2, 0.25) is 5.13 Å². The maximum atomic E-state index is 5.92. The molecule has 2 aromatic heterocycles. The van der Waals surface area contributed by atoms with Crippen LogP contribution in [0.5, 0.6) is 0 Å². The summed E-state index contributed by atoms with van der Waals surface area (Å²) in [6, 6.07) is 7.93. The molecule has 126 valence electrons. The van der Waals surface area contributed by atoms with Crippen LogP contribution in [0.25, 0.3) is 0 Å². The number of thiazole rings is 1. The molecule has 0 spiro atoms. The highest BCUT2D eigenvalue weighted by atomic mass is 35.5. The molecule has 3 aromatic rings. The summed E-state index contributed by atoms with van der Waals surface area (Å²) in [5.41, 5.74) is 2.32. The highest BCUT2D eigenvalue weighted by Gasteiger charge is 2.08. The normalized spacial score (nSPS) is 10.9. The van der Waals surface area contributed by atoms with Gasteiger partial charge in [-0.1, -0.05) is 53.8 Å². The van der Waals surface area contributed by atoms with Crippen molar-refractivity contribution in [2.24, 2.45) is 0 Å². The van der Waals surface area contributed by atoms with Gasteiger partial charge in [-0.3, -0.25) is 0 Å². The molecule has 4 nitrogen and oxygen atoms in total. The summed E-state index contributed by atoms with van der Waals surface area (Å²) < 4.78 is 0.973. The Labute approximate surface area is 158 Å². The zero-order valence-corrected chi connectivity index (χ0v) is 16.4. The van der Waals surface area contributed by atoms with E-state index in [1.165, 1.54) is 5.56 Å². The lowest BCUT2D eigenvalue weighted by atomic mass is 10.2. The third-order valence-electron chi connectivity index (χ3n) is 3.14. The Morgan fingerprint density at radius 2 is 2.04 bits per heavy atom. The maximum absolute atomic E-state index is 5.92. The minimum absolute atomic E-state index is 0.764. The SMILES string of the molecule is CCCNc1nnc(SCc2csc(Cc3ccc(Cl)cc3)n2)s1. The second-order valence-corrected chi connectivity index (χ2v) is 8.70. The van der Waals surface area contributed by atoms with Crippen LogP contribution in [0, 0.1) is 0 Å². The Hall–Kier alpha value is -1.15. The van der Waals surface area contributed by atoms with Gasteiger partial charge in [-0.2, -0.15) is 0 Å². The molecule has 0 saturated heterocycles. The fraction of sp³-hybridized carbons (Fsp3) is 0.312. The highest BCUT2D eigenvalue weighted by molar-refractivity contribution is 8.00. The molecule has 0 aliphatic rings. The number of halogens is 1. The first-order valence-electron chi connectivity index (χ1n) is 7.61. The van der Waals surface area contributed by atoms with Crippen molar-refractivity contribution in [3.63, 3.8) is 0 Å². The van der Waals surface area contributed by atoms with Gasteiger partial charge in [0.25, 0.3) is 0 Å². The Kier molecular flexibility index (Phi) is 6.48. The van der Waals surface area contributed by atoms with Gasteiger partial charge in [0.05, 0.1) is 10.7 Å². The number of aromatic nitrogens is 3. The highest BCUT2D eigenvalue weighted by Crippen LogP contribution is 2.29. The average molecular weight is 397 g/mol. The molecule has 3 rings (SSSR count). The van der Waals surface area contributed by atoms with E-state index in [-0.39, 0.29) is 0 Å². The zero-order valence-electron chi connectivity index (χ0n) is 13.2. The fourth-order valence-corrected chi connectivity index (χ4v) is 4.71. The lowest BCUT2D eigenvalue weighted by Gasteiger charge is -1.98. The summed E-state index contributed by atoms with van der Waals surface area (Å²) in [5.74, 6) is 0.819. The molecule has 0 saturated carbocycles. The molecule has 1 aromatic carbocycles. The van der Waals surface area contributed by atoms with Gasteiger partial charge in [0, 0.05) is 29.1 Å². The quantitative estimate of drug-likeness (QED) is 0.520. The first-order valence-corrected chi connectivity index (χ1v) is 10.7. The largest absolute Gasteiger partial charge is 0.360 e. The smallest absolute Gasteiger partial charge is 0.206 e. The topological polar surface area (TPSA) is 50.7 Å². The summed E-state index contributed by atoms with van der Waals surface area (Å²) in [5, 5.41) is 16.5. The molecule has 0 unspecified atom stereocenters. The molecule has 0 amide bonds. The van der Waals surface area contributed by atoms with Crippen LogP contribution in [-0.2, 0) is 12.2 Å². The molecule has 0 atom stereocenters. The Morgan fingerprint density at radius 1 is 1.21 bits per heavy atom. The Bertz CT molecular complexity index is 770. The molecule has 1 N–H and O–H groups in total. The van der Waals surface area contributed by atoms with E-state index in [0.29, 0.717) is 0 Å². The zero-order chi connectivity index (χ0) is 16.8. The molecule has 8 heteroatoms. The summed E-state index contributed by atoms with van der Waals surface area (Å²) in [6.45, 7) is 3.06. The minimum Gasteiger partial charge on any atom is -0.360 e. The minimum atomic E-state index is 0.764. The van der Waals surface area contributed by atoms with Crippen molar-refractivity contribution >= 4 is 51.2 Å². The predicted octanol–water partition coefficient (Wildman–Crippen LogP) is 5.35. The van der Waals surface area contributed by atoms with E-state index >= 15 is 0 Å². The molecule has 0 fully saturated rings. The van der Waals surface area contributed by atoms with Crippen LogP contribution in [0.2, 0.25) is 5.02 Å². The summed E-state index contributed by atoms with van der Waals surface area (Å²) in [7, 11) is 0. The molecule has 0 radical (unpaired) electrons. The van der Waals surface area contributed by atoms with E-state index < -0.39 is 0 Å².